The van der Waals surface area contributed by atoms with E-state index in [0.717, 1.165) is 42.1 Å². The van der Waals surface area contributed by atoms with E-state index in [9.17, 15) is 13.2 Å². The molecule has 3 aromatic rings. The minimum Gasteiger partial charge on any atom is -0.496 e. The average molecular weight is 453 g/mol. The maximum atomic E-state index is 13.5. The van der Waals surface area contributed by atoms with Gasteiger partial charge in [-0.15, -0.1) is 0 Å². The lowest BCUT2D eigenvalue weighted by molar-refractivity contribution is 0.0990. The molecule has 0 bridgehead atoms. The number of hydrogen-bond donors (Lipinski definition) is 0. The maximum Gasteiger partial charge on any atom is 0.261 e. The number of fused-ring (bicyclic) bond motifs is 1. The molecule has 168 valence electrons. The Morgan fingerprint density at radius 2 is 1.62 bits per heavy atom. The highest BCUT2D eigenvalue weighted by atomic mass is 32.2. The van der Waals surface area contributed by atoms with Crippen molar-refractivity contribution in [1.82, 2.24) is 4.31 Å². The molecule has 6 nitrogen and oxygen atoms in total. The Morgan fingerprint density at radius 1 is 0.938 bits per heavy atom. The van der Waals surface area contributed by atoms with Crippen molar-refractivity contribution in [3.8, 4) is 5.75 Å². The number of anilines is 1. The first-order valence-corrected chi connectivity index (χ1v) is 12.3. The molecule has 1 aliphatic heterocycles. The van der Waals surface area contributed by atoms with Crippen LogP contribution in [0.25, 0.3) is 10.8 Å². The molecule has 0 N–H and O–H groups in total. The van der Waals surface area contributed by atoms with Crippen LogP contribution in [0.2, 0.25) is 0 Å². The lowest BCUT2D eigenvalue weighted by Crippen LogP contribution is -2.32. The van der Waals surface area contributed by atoms with Gasteiger partial charge in [0.05, 0.1) is 23.3 Å². The van der Waals surface area contributed by atoms with Crippen molar-refractivity contribution >= 4 is 32.4 Å². The summed E-state index contributed by atoms with van der Waals surface area (Å²) in [6.45, 7) is 1.01. The molecule has 4 rings (SSSR count). The quantitative estimate of drug-likeness (QED) is 0.563. The average Bonchev–Trinajstić information content (AvgIpc) is 3.12. The van der Waals surface area contributed by atoms with Crippen LogP contribution in [0.5, 0.6) is 5.75 Å². The molecular weight excluding hydrogens is 424 g/mol. The standard InChI is InChI=1S/C25H28N2O4S/c1-26(23-13-9-11-19-10-5-6-12-21(19)23)25(28)22-18-20(14-15-24(22)31-2)32(29,30)27-16-7-3-4-8-17-27/h5-6,9-15,18H,3-4,7-8,16-17H2,1-2H3. The summed E-state index contributed by atoms with van der Waals surface area (Å²) in [4.78, 5) is 15.2. The summed E-state index contributed by atoms with van der Waals surface area (Å²) in [6.07, 6.45) is 3.78. The molecule has 1 heterocycles. The Morgan fingerprint density at radius 3 is 2.34 bits per heavy atom. The van der Waals surface area contributed by atoms with Gasteiger partial charge in [0.1, 0.15) is 5.75 Å². The van der Waals surface area contributed by atoms with Crippen LogP contribution in [0.3, 0.4) is 0 Å². The molecule has 0 aliphatic carbocycles. The third kappa shape index (κ3) is 4.23. The van der Waals surface area contributed by atoms with Crippen molar-refractivity contribution in [2.45, 2.75) is 30.6 Å². The number of methoxy groups -OCH3 is 1. The summed E-state index contributed by atoms with van der Waals surface area (Å²) in [5.74, 6) is 0.0167. The third-order valence-corrected chi connectivity index (χ3v) is 7.93. The van der Waals surface area contributed by atoms with E-state index in [4.69, 9.17) is 4.74 Å². The van der Waals surface area contributed by atoms with Crippen LogP contribution in [0.15, 0.2) is 65.6 Å². The van der Waals surface area contributed by atoms with Gasteiger partial charge >= 0.3 is 0 Å². The van der Waals surface area contributed by atoms with Crippen LogP contribution in [-0.2, 0) is 10.0 Å². The fourth-order valence-electron chi connectivity index (χ4n) is 4.24. The first kappa shape index (κ1) is 22.3. The summed E-state index contributed by atoms with van der Waals surface area (Å²) >= 11 is 0. The third-order valence-electron chi connectivity index (χ3n) is 6.04. The second-order valence-electron chi connectivity index (χ2n) is 8.04. The number of hydrogen-bond acceptors (Lipinski definition) is 4. The number of sulfonamides is 1. The van der Waals surface area contributed by atoms with Crippen LogP contribution < -0.4 is 9.64 Å². The van der Waals surface area contributed by atoms with Crippen LogP contribution in [0, 0.1) is 0 Å². The topological polar surface area (TPSA) is 66.9 Å². The molecule has 1 fully saturated rings. The Labute approximate surface area is 189 Å². The van der Waals surface area contributed by atoms with E-state index in [1.54, 1.807) is 18.0 Å². The molecule has 7 heteroatoms. The molecule has 0 atom stereocenters. The number of benzene rings is 3. The van der Waals surface area contributed by atoms with E-state index in [-0.39, 0.29) is 16.4 Å². The van der Waals surface area contributed by atoms with Crippen LogP contribution in [-0.4, -0.2) is 45.9 Å². The van der Waals surface area contributed by atoms with Gasteiger partial charge in [0.15, 0.2) is 0 Å². The molecule has 1 aliphatic rings. The number of rotatable bonds is 5. The second-order valence-corrected chi connectivity index (χ2v) is 9.98. The SMILES string of the molecule is COc1ccc(S(=O)(=O)N2CCCCCC2)cc1C(=O)N(C)c1cccc2ccccc12. The summed E-state index contributed by atoms with van der Waals surface area (Å²) in [6, 6.07) is 18.1. The monoisotopic (exact) mass is 452 g/mol. The zero-order valence-corrected chi connectivity index (χ0v) is 19.3. The maximum absolute atomic E-state index is 13.5. The summed E-state index contributed by atoms with van der Waals surface area (Å²) < 4.78 is 33.5. The van der Waals surface area contributed by atoms with Gasteiger partial charge in [-0.2, -0.15) is 4.31 Å². The van der Waals surface area contributed by atoms with Crippen molar-refractivity contribution in [3.05, 3.63) is 66.2 Å². The van der Waals surface area contributed by atoms with Gasteiger partial charge in [-0.25, -0.2) is 8.42 Å². The molecule has 0 unspecified atom stereocenters. The molecule has 0 saturated carbocycles. The second kappa shape index (κ2) is 9.30. The molecule has 0 aromatic heterocycles. The number of nitrogens with zero attached hydrogens (tertiary/aromatic N) is 2. The smallest absolute Gasteiger partial charge is 0.261 e. The Hall–Kier alpha value is -2.90. The van der Waals surface area contributed by atoms with Crippen molar-refractivity contribution in [1.29, 1.82) is 0 Å². The van der Waals surface area contributed by atoms with Crippen LogP contribution in [0.1, 0.15) is 36.0 Å². The van der Waals surface area contributed by atoms with Gasteiger partial charge in [-0.1, -0.05) is 49.2 Å². The molecule has 1 saturated heterocycles. The molecule has 3 aromatic carbocycles. The summed E-state index contributed by atoms with van der Waals surface area (Å²) in [5.41, 5.74) is 0.967. The largest absolute Gasteiger partial charge is 0.496 e. The van der Waals surface area contributed by atoms with E-state index in [0.29, 0.717) is 18.8 Å². The zero-order valence-electron chi connectivity index (χ0n) is 18.5. The van der Waals surface area contributed by atoms with Gasteiger partial charge in [0.2, 0.25) is 10.0 Å². The highest BCUT2D eigenvalue weighted by molar-refractivity contribution is 7.89. The summed E-state index contributed by atoms with van der Waals surface area (Å²) in [5, 5.41) is 1.97. The summed E-state index contributed by atoms with van der Waals surface area (Å²) in [7, 11) is -0.511. The van der Waals surface area contributed by atoms with Crippen molar-refractivity contribution in [3.63, 3.8) is 0 Å². The number of carbonyl (C=O) groups is 1. The Kier molecular flexibility index (Phi) is 6.48. The lowest BCUT2D eigenvalue weighted by Gasteiger charge is -2.23. The molecular formula is C25H28N2O4S. The molecule has 0 radical (unpaired) electrons. The van der Waals surface area contributed by atoms with Crippen molar-refractivity contribution in [2.24, 2.45) is 0 Å². The van der Waals surface area contributed by atoms with Gasteiger partial charge in [0.25, 0.3) is 5.91 Å². The van der Waals surface area contributed by atoms with E-state index < -0.39 is 10.0 Å². The fourth-order valence-corrected chi connectivity index (χ4v) is 5.78. The fraction of sp³-hybridized carbons (Fsp3) is 0.320. The van der Waals surface area contributed by atoms with Gasteiger partial charge in [0, 0.05) is 25.5 Å². The molecule has 32 heavy (non-hydrogen) atoms. The van der Waals surface area contributed by atoms with Gasteiger partial charge in [-0.3, -0.25) is 4.79 Å². The van der Waals surface area contributed by atoms with Crippen LogP contribution in [0.4, 0.5) is 5.69 Å². The zero-order chi connectivity index (χ0) is 22.7. The number of ether oxygens (including phenoxy) is 1. The minimum absolute atomic E-state index is 0.120. The normalized spacial score (nSPS) is 15.3. The Balaban J connectivity index is 1.73. The van der Waals surface area contributed by atoms with Crippen molar-refractivity contribution in [2.75, 3.05) is 32.1 Å². The first-order valence-electron chi connectivity index (χ1n) is 10.9. The number of carbonyl (C=O) groups excluding carboxylic acids is 1. The van der Waals surface area contributed by atoms with E-state index >= 15 is 0 Å². The van der Waals surface area contributed by atoms with Crippen LogP contribution >= 0.6 is 0 Å². The van der Waals surface area contributed by atoms with E-state index in [2.05, 4.69) is 0 Å². The highest BCUT2D eigenvalue weighted by Crippen LogP contribution is 2.31. The predicted molar refractivity (Wildman–Crippen MR) is 127 cm³/mol. The first-order chi connectivity index (χ1) is 15.4. The molecule has 1 amide bonds. The lowest BCUT2D eigenvalue weighted by atomic mass is 10.1. The van der Waals surface area contributed by atoms with Gasteiger partial charge in [-0.05, 0) is 42.5 Å². The van der Waals surface area contributed by atoms with E-state index in [1.807, 2.05) is 42.5 Å². The van der Waals surface area contributed by atoms with Crippen molar-refractivity contribution < 1.29 is 17.9 Å². The highest BCUT2D eigenvalue weighted by Gasteiger charge is 2.28. The van der Waals surface area contributed by atoms with E-state index in [1.165, 1.54) is 23.5 Å². The Bertz CT molecular complexity index is 1230. The number of amides is 1. The predicted octanol–water partition coefficient (Wildman–Crippen LogP) is 4.69. The van der Waals surface area contributed by atoms with Gasteiger partial charge < -0.3 is 9.64 Å². The minimum atomic E-state index is -3.68. The molecule has 0 spiro atoms.